The van der Waals surface area contributed by atoms with Gasteiger partial charge in [-0.3, -0.25) is 4.79 Å². The average molecular weight is 334 g/mol. The Morgan fingerprint density at radius 2 is 2.08 bits per heavy atom. The molecule has 1 aromatic heterocycles. The van der Waals surface area contributed by atoms with Crippen LogP contribution in [0.5, 0.6) is 5.75 Å². The number of aryl methyl sites for hydroxylation is 2. The van der Waals surface area contributed by atoms with Gasteiger partial charge in [0.1, 0.15) is 5.75 Å². The second-order valence-electron chi connectivity index (χ2n) is 6.74. The van der Waals surface area contributed by atoms with Crippen LogP contribution in [0, 0.1) is 12.8 Å². The highest BCUT2D eigenvalue weighted by molar-refractivity contribution is 5.94. The van der Waals surface area contributed by atoms with Gasteiger partial charge < -0.3 is 15.0 Å². The van der Waals surface area contributed by atoms with Crippen LogP contribution in [0.1, 0.15) is 23.2 Å². The molecule has 1 atom stereocenters. The van der Waals surface area contributed by atoms with Crippen molar-refractivity contribution in [3.05, 3.63) is 59.3 Å². The van der Waals surface area contributed by atoms with Crippen LogP contribution in [0.2, 0.25) is 0 Å². The maximum atomic E-state index is 12.8. The fraction of sp³-hybridized carbons (Fsp3) is 0.286. The Kier molecular flexibility index (Phi) is 3.96. The van der Waals surface area contributed by atoms with Gasteiger partial charge in [-0.2, -0.15) is 0 Å². The number of rotatable bonds is 3. The van der Waals surface area contributed by atoms with Crippen molar-refractivity contribution in [3.63, 3.8) is 0 Å². The van der Waals surface area contributed by atoms with Crippen LogP contribution in [0.4, 0.5) is 5.69 Å². The Balaban J connectivity index is 1.59. The molecule has 0 fully saturated rings. The molecule has 128 valence electrons. The number of carbonyl (C=O) groups excluding carboxylic acids is 1. The largest absolute Gasteiger partial charge is 0.497 e. The van der Waals surface area contributed by atoms with Gasteiger partial charge in [0.2, 0.25) is 5.91 Å². The quantitative estimate of drug-likeness (QED) is 0.753. The van der Waals surface area contributed by atoms with E-state index in [1.54, 1.807) is 7.11 Å². The van der Waals surface area contributed by atoms with E-state index in [0.29, 0.717) is 0 Å². The second kappa shape index (κ2) is 6.28. The third-order valence-electron chi connectivity index (χ3n) is 5.17. The number of fused-ring (bicyclic) bond motifs is 3. The van der Waals surface area contributed by atoms with E-state index in [9.17, 15) is 4.79 Å². The zero-order chi connectivity index (χ0) is 17.4. The molecule has 1 unspecified atom stereocenters. The summed E-state index contributed by atoms with van der Waals surface area (Å²) in [5, 5.41) is 4.27. The topological polar surface area (TPSA) is 54.1 Å². The number of carbonyl (C=O) groups is 1. The van der Waals surface area contributed by atoms with Crippen molar-refractivity contribution in [1.82, 2.24) is 4.98 Å². The van der Waals surface area contributed by atoms with Crippen molar-refractivity contribution in [2.45, 2.75) is 26.2 Å². The highest BCUT2D eigenvalue weighted by atomic mass is 16.5. The standard InChI is InChI=1S/C21H22N2O2/c1-13-5-3-4-6-18(13)23-21(24)14-7-9-19-16(11-14)17-12-15(25-2)8-10-20(17)22-19/h3-6,8,10,12,14,22H,7,9,11H2,1-2H3,(H,23,24). The van der Waals surface area contributed by atoms with E-state index in [0.717, 1.165) is 41.8 Å². The van der Waals surface area contributed by atoms with Crippen molar-refractivity contribution in [3.8, 4) is 5.75 Å². The SMILES string of the molecule is COc1ccc2[nH]c3c(c2c1)CC(C(=O)Nc1ccccc1C)CC3. The van der Waals surface area contributed by atoms with Gasteiger partial charge in [0.05, 0.1) is 7.11 Å². The number of amides is 1. The molecule has 0 aliphatic heterocycles. The number of anilines is 1. The Bertz CT molecular complexity index is 942. The lowest BCUT2D eigenvalue weighted by molar-refractivity contribution is -0.120. The molecule has 2 N–H and O–H groups in total. The molecule has 0 saturated carbocycles. The van der Waals surface area contributed by atoms with Gasteiger partial charge in [0, 0.05) is 28.2 Å². The summed E-state index contributed by atoms with van der Waals surface area (Å²) >= 11 is 0. The van der Waals surface area contributed by atoms with Gasteiger partial charge in [-0.25, -0.2) is 0 Å². The molecule has 0 bridgehead atoms. The number of aromatic amines is 1. The molecular weight excluding hydrogens is 312 g/mol. The smallest absolute Gasteiger partial charge is 0.227 e. The molecule has 0 radical (unpaired) electrons. The van der Waals surface area contributed by atoms with E-state index in [4.69, 9.17) is 4.74 Å². The number of ether oxygens (including phenoxy) is 1. The van der Waals surface area contributed by atoms with Gasteiger partial charge >= 0.3 is 0 Å². The average Bonchev–Trinajstić information content (AvgIpc) is 3.00. The number of methoxy groups -OCH3 is 1. The summed E-state index contributed by atoms with van der Waals surface area (Å²) in [4.78, 5) is 16.3. The van der Waals surface area contributed by atoms with E-state index in [1.807, 2.05) is 37.3 Å². The fourth-order valence-corrected chi connectivity index (χ4v) is 3.69. The molecule has 1 amide bonds. The minimum absolute atomic E-state index is 0.00249. The molecule has 0 saturated heterocycles. The first kappa shape index (κ1) is 15.8. The first-order valence-corrected chi connectivity index (χ1v) is 8.69. The lowest BCUT2D eigenvalue weighted by atomic mass is 9.85. The number of hydrogen-bond donors (Lipinski definition) is 2. The molecule has 1 aliphatic carbocycles. The first-order chi connectivity index (χ1) is 12.2. The minimum Gasteiger partial charge on any atom is -0.497 e. The van der Waals surface area contributed by atoms with Crippen molar-refractivity contribution in [2.75, 3.05) is 12.4 Å². The Hall–Kier alpha value is -2.75. The van der Waals surface area contributed by atoms with E-state index < -0.39 is 0 Å². The number of benzene rings is 2. The van der Waals surface area contributed by atoms with Gasteiger partial charge in [-0.15, -0.1) is 0 Å². The van der Waals surface area contributed by atoms with Crippen LogP contribution in [0.3, 0.4) is 0 Å². The Morgan fingerprint density at radius 1 is 1.24 bits per heavy atom. The maximum Gasteiger partial charge on any atom is 0.227 e. The van der Waals surface area contributed by atoms with Crippen molar-refractivity contribution < 1.29 is 9.53 Å². The molecule has 4 rings (SSSR count). The van der Waals surface area contributed by atoms with Crippen molar-refractivity contribution >= 4 is 22.5 Å². The summed E-state index contributed by atoms with van der Waals surface area (Å²) < 4.78 is 5.36. The maximum absolute atomic E-state index is 12.8. The number of H-pyrrole nitrogens is 1. The van der Waals surface area contributed by atoms with E-state index in [2.05, 4.69) is 22.4 Å². The number of hydrogen-bond acceptors (Lipinski definition) is 2. The molecule has 1 heterocycles. The summed E-state index contributed by atoms with van der Waals surface area (Å²) in [6.07, 6.45) is 2.53. The monoisotopic (exact) mass is 334 g/mol. The van der Waals surface area contributed by atoms with Gasteiger partial charge in [-0.05, 0) is 61.6 Å². The van der Waals surface area contributed by atoms with Crippen LogP contribution < -0.4 is 10.1 Å². The van der Waals surface area contributed by atoms with Gasteiger partial charge in [0.15, 0.2) is 0 Å². The fourth-order valence-electron chi connectivity index (χ4n) is 3.69. The summed E-state index contributed by atoms with van der Waals surface area (Å²) in [5.74, 6) is 0.954. The van der Waals surface area contributed by atoms with Crippen LogP contribution in [-0.4, -0.2) is 18.0 Å². The van der Waals surface area contributed by atoms with Crippen LogP contribution in [0.25, 0.3) is 10.9 Å². The highest BCUT2D eigenvalue weighted by Crippen LogP contribution is 2.34. The van der Waals surface area contributed by atoms with E-state index in [-0.39, 0.29) is 11.8 Å². The highest BCUT2D eigenvalue weighted by Gasteiger charge is 2.27. The minimum atomic E-state index is -0.00249. The van der Waals surface area contributed by atoms with Crippen molar-refractivity contribution in [1.29, 1.82) is 0 Å². The van der Waals surface area contributed by atoms with Gasteiger partial charge in [0.25, 0.3) is 0 Å². The summed E-state index contributed by atoms with van der Waals surface area (Å²) in [7, 11) is 1.68. The van der Waals surface area contributed by atoms with Crippen molar-refractivity contribution in [2.24, 2.45) is 5.92 Å². The Labute approximate surface area is 147 Å². The normalized spacial score (nSPS) is 16.5. The summed E-state index contributed by atoms with van der Waals surface area (Å²) in [6.45, 7) is 2.01. The van der Waals surface area contributed by atoms with Gasteiger partial charge in [-0.1, -0.05) is 18.2 Å². The van der Waals surface area contributed by atoms with E-state index >= 15 is 0 Å². The number of nitrogens with one attached hydrogen (secondary N) is 2. The molecule has 4 heteroatoms. The number of para-hydroxylation sites is 1. The summed E-state index contributed by atoms with van der Waals surface area (Å²) in [6, 6.07) is 14.0. The molecule has 4 nitrogen and oxygen atoms in total. The van der Waals surface area contributed by atoms with E-state index in [1.165, 1.54) is 16.6 Å². The third-order valence-corrected chi connectivity index (χ3v) is 5.17. The molecular formula is C21H22N2O2. The molecule has 0 spiro atoms. The van der Waals surface area contributed by atoms with Crippen LogP contribution >= 0.6 is 0 Å². The predicted molar refractivity (Wildman–Crippen MR) is 100 cm³/mol. The second-order valence-corrected chi connectivity index (χ2v) is 6.74. The number of aromatic nitrogens is 1. The predicted octanol–water partition coefficient (Wildman–Crippen LogP) is 4.23. The molecule has 1 aliphatic rings. The molecule has 25 heavy (non-hydrogen) atoms. The summed E-state index contributed by atoms with van der Waals surface area (Å²) in [5.41, 5.74) is 5.61. The van der Waals surface area contributed by atoms with Crippen LogP contribution in [-0.2, 0) is 17.6 Å². The lowest BCUT2D eigenvalue weighted by Gasteiger charge is -2.22. The zero-order valence-corrected chi connectivity index (χ0v) is 14.6. The first-order valence-electron chi connectivity index (χ1n) is 8.69. The third kappa shape index (κ3) is 2.88. The molecule has 2 aromatic carbocycles. The zero-order valence-electron chi connectivity index (χ0n) is 14.6. The lowest BCUT2D eigenvalue weighted by Crippen LogP contribution is -2.28. The molecule has 3 aromatic rings. The van der Waals surface area contributed by atoms with Crippen LogP contribution in [0.15, 0.2) is 42.5 Å². The Morgan fingerprint density at radius 3 is 2.88 bits per heavy atom.